The molecule has 0 radical (unpaired) electrons. The predicted octanol–water partition coefficient (Wildman–Crippen LogP) is 8.65. The van der Waals surface area contributed by atoms with E-state index in [0.717, 1.165) is 6.42 Å². The van der Waals surface area contributed by atoms with Crippen LogP contribution in [0.5, 0.6) is 0 Å². The van der Waals surface area contributed by atoms with Crippen LogP contribution in [-0.2, 0) is 4.43 Å². The molecule has 40 heavy (non-hydrogen) atoms. The zero-order valence-corrected chi connectivity index (χ0v) is 30.1. The molecular formula is C34H54O2S2Si2. The van der Waals surface area contributed by atoms with E-state index in [4.69, 9.17) is 4.43 Å². The van der Waals surface area contributed by atoms with Gasteiger partial charge in [0.15, 0.2) is 0 Å². The van der Waals surface area contributed by atoms with Crippen molar-refractivity contribution in [3.63, 3.8) is 0 Å². The molecule has 1 saturated heterocycles. The van der Waals surface area contributed by atoms with Gasteiger partial charge in [0.25, 0.3) is 8.32 Å². The molecule has 222 valence electrons. The molecule has 0 aromatic heterocycles. The minimum Gasteiger partial charge on any atom is -0.404 e. The first-order chi connectivity index (χ1) is 18.8. The fourth-order valence-corrected chi connectivity index (χ4v) is 29.1. The van der Waals surface area contributed by atoms with Gasteiger partial charge in [-0.2, -0.15) is 0 Å². The Balaban J connectivity index is 1.90. The maximum atomic E-state index is 11.3. The number of allylic oxidation sites excluding steroid dienone is 1. The zero-order chi connectivity index (χ0) is 29.6. The number of benzene rings is 2. The topological polar surface area (TPSA) is 29.5 Å². The van der Waals surface area contributed by atoms with Gasteiger partial charge in [-0.3, -0.25) is 0 Å². The molecule has 1 N–H and O–H groups in total. The van der Waals surface area contributed by atoms with E-state index in [2.05, 4.69) is 153 Å². The summed E-state index contributed by atoms with van der Waals surface area (Å²) in [6.07, 6.45) is 6.04. The first-order valence-corrected chi connectivity index (χ1v) is 21.3. The summed E-state index contributed by atoms with van der Waals surface area (Å²) in [5.74, 6) is 2.50. The average Bonchev–Trinajstić information content (AvgIpc) is 2.89. The number of hydrogen-bond acceptors (Lipinski definition) is 4. The monoisotopic (exact) mass is 614 g/mol. The normalized spacial score (nSPS) is 17.7. The molecule has 0 spiro atoms. The van der Waals surface area contributed by atoms with Crippen LogP contribution in [0.15, 0.2) is 72.8 Å². The summed E-state index contributed by atoms with van der Waals surface area (Å²) < 4.78 is 7.26. The lowest BCUT2D eigenvalue weighted by atomic mass is 10.2. The van der Waals surface area contributed by atoms with E-state index in [1.165, 1.54) is 28.3 Å². The smallest absolute Gasteiger partial charge is 0.261 e. The summed E-state index contributed by atoms with van der Waals surface area (Å²) in [4.78, 5) is 0. The second-order valence-corrected chi connectivity index (χ2v) is 27.6. The molecular weight excluding hydrogens is 561 g/mol. The molecule has 0 amide bonds. The lowest BCUT2D eigenvalue weighted by Gasteiger charge is -2.57. The minimum absolute atomic E-state index is 0.102. The average molecular weight is 615 g/mol. The van der Waals surface area contributed by atoms with E-state index in [1.54, 1.807) is 0 Å². The molecule has 0 aliphatic carbocycles. The fraction of sp³-hybridized carbons (Fsp3) is 0.588. The molecule has 0 saturated carbocycles. The Labute approximate surface area is 256 Å². The highest BCUT2D eigenvalue weighted by Crippen LogP contribution is 2.61. The van der Waals surface area contributed by atoms with E-state index >= 15 is 0 Å². The zero-order valence-electron chi connectivity index (χ0n) is 26.4. The highest BCUT2D eigenvalue weighted by molar-refractivity contribution is 8.21. The van der Waals surface area contributed by atoms with Gasteiger partial charge < -0.3 is 9.53 Å². The van der Waals surface area contributed by atoms with Crippen molar-refractivity contribution in [2.75, 3.05) is 18.1 Å². The molecule has 1 atom stereocenters. The third-order valence-corrected chi connectivity index (χ3v) is 27.3. The van der Waals surface area contributed by atoms with Crippen molar-refractivity contribution in [3.8, 4) is 0 Å². The van der Waals surface area contributed by atoms with Crippen molar-refractivity contribution < 1.29 is 9.53 Å². The summed E-state index contributed by atoms with van der Waals surface area (Å²) in [5.41, 5.74) is 2.13. The van der Waals surface area contributed by atoms with Crippen LogP contribution >= 0.6 is 23.5 Å². The van der Waals surface area contributed by atoms with Crippen LogP contribution in [0.3, 0.4) is 0 Å². The summed E-state index contributed by atoms with van der Waals surface area (Å²) in [7, 11) is -4.41. The molecule has 2 nitrogen and oxygen atoms in total. The standard InChI is InChI=1S/C34H54O2S2Si2/c1-27(2)39(28(3)4,29(5)6)34(37-24-17-25-38-34)23-16-18-30(35)26-36-40(33(7,8)9,31-19-12-10-13-20-31)32-21-14-11-15-22-32/h10-16,18-22,27-30,35H,17,23-26H2,1-9H3/b18-16+/t30-/m0/s1. The molecule has 0 bridgehead atoms. The predicted molar refractivity (Wildman–Crippen MR) is 187 cm³/mol. The van der Waals surface area contributed by atoms with Gasteiger partial charge >= 0.3 is 0 Å². The Bertz CT molecular complexity index is 997. The molecule has 2 aromatic rings. The first kappa shape index (κ1) is 33.7. The summed E-state index contributed by atoms with van der Waals surface area (Å²) in [6.45, 7) is 22.1. The highest BCUT2D eigenvalue weighted by atomic mass is 32.2. The lowest BCUT2D eigenvalue weighted by Crippen LogP contribution is -2.67. The molecule has 1 fully saturated rings. The highest BCUT2D eigenvalue weighted by Gasteiger charge is 2.59. The van der Waals surface area contributed by atoms with Crippen LogP contribution in [0.25, 0.3) is 0 Å². The van der Waals surface area contributed by atoms with Gasteiger partial charge in [0.05, 0.1) is 24.5 Å². The minimum atomic E-state index is -2.67. The van der Waals surface area contributed by atoms with Crippen LogP contribution in [0.2, 0.25) is 21.7 Å². The van der Waals surface area contributed by atoms with E-state index in [-0.39, 0.29) is 8.74 Å². The Kier molecular flexibility index (Phi) is 11.9. The number of aliphatic hydroxyl groups excluding tert-OH is 1. The van der Waals surface area contributed by atoms with Crippen molar-refractivity contribution in [2.24, 2.45) is 0 Å². The summed E-state index contributed by atoms with van der Waals surface area (Å²) in [5, 5.41) is 13.7. The van der Waals surface area contributed by atoms with Gasteiger partial charge in [-0.25, -0.2) is 0 Å². The van der Waals surface area contributed by atoms with Crippen molar-refractivity contribution in [1.29, 1.82) is 0 Å². The summed E-state index contributed by atoms with van der Waals surface area (Å²) >= 11 is 4.47. The van der Waals surface area contributed by atoms with Gasteiger partial charge in [0, 0.05) is 0 Å². The Morgan fingerprint density at radius 1 is 0.825 bits per heavy atom. The lowest BCUT2D eigenvalue weighted by molar-refractivity contribution is 0.138. The molecule has 2 aromatic carbocycles. The molecule has 3 rings (SSSR count). The quantitative estimate of drug-likeness (QED) is 0.191. The van der Waals surface area contributed by atoms with Gasteiger partial charge in [-0.15, -0.1) is 23.5 Å². The fourth-order valence-electron chi connectivity index (χ4n) is 7.85. The van der Waals surface area contributed by atoms with E-state index in [1.807, 2.05) is 6.08 Å². The number of thioether (sulfide) groups is 2. The van der Waals surface area contributed by atoms with Gasteiger partial charge in [0.1, 0.15) is 0 Å². The largest absolute Gasteiger partial charge is 0.404 e. The maximum absolute atomic E-state index is 11.3. The Morgan fingerprint density at radius 3 is 1.68 bits per heavy atom. The van der Waals surface area contributed by atoms with E-state index in [9.17, 15) is 5.11 Å². The Morgan fingerprint density at radius 2 is 1.27 bits per heavy atom. The SMILES string of the molecule is CC(C)[Si](C(C)C)(C(C)C)C1(C/C=C/[C@H](O)CO[Si](c2ccccc2)(c2ccccc2)C(C)(C)C)SCCCS1. The van der Waals surface area contributed by atoms with Crippen LogP contribution in [-0.4, -0.2) is 49.4 Å². The maximum Gasteiger partial charge on any atom is 0.261 e. The van der Waals surface area contributed by atoms with Crippen molar-refractivity contribution in [2.45, 2.75) is 107 Å². The molecule has 1 heterocycles. The summed E-state index contributed by atoms with van der Waals surface area (Å²) in [6, 6.07) is 21.4. The van der Waals surface area contributed by atoms with Crippen molar-refractivity contribution >= 4 is 50.3 Å². The first-order valence-electron chi connectivity index (χ1n) is 15.2. The second kappa shape index (κ2) is 14.1. The van der Waals surface area contributed by atoms with Gasteiger partial charge in [-0.1, -0.05) is 135 Å². The third kappa shape index (κ3) is 6.57. The Hall–Kier alpha value is -0.766. The van der Waals surface area contributed by atoms with Crippen molar-refractivity contribution in [3.05, 3.63) is 72.8 Å². The van der Waals surface area contributed by atoms with Crippen LogP contribution in [0.4, 0.5) is 0 Å². The molecule has 0 unspecified atom stereocenters. The van der Waals surface area contributed by atoms with Crippen LogP contribution in [0, 0.1) is 0 Å². The molecule has 6 heteroatoms. The number of aliphatic hydroxyl groups is 1. The molecule has 1 aliphatic rings. The van der Waals surface area contributed by atoms with Crippen LogP contribution < -0.4 is 10.4 Å². The van der Waals surface area contributed by atoms with Crippen LogP contribution in [0.1, 0.15) is 75.2 Å². The third-order valence-electron chi connectivity index (χ3n) is 9.12. The van der Waals surface area contributed by atoms with E-state index in [0.29, 0.717) is 23.2 Å². The second-order valence-electron chi connectivity index (χ2n) is 13.4. The van der Waals surface area contributed by atoms with Crippen molar-refractivity contribution in [1.82, 2.24) is 0 Å². The molecule has 1 aliphatic heterocycles. The van der Waals surface area contributed by atoms with Gasteiger partial charge in [-0.05, 0) is 56.4 Å². The van der Waals surface area contributed by atoms with E-state index < -0.39 is 22.5 Å². The number of hydrogen-bond donors (Lipinski definition) is 1. The number of rotatable bonds is 12. The van der Waals surface area contributed by atoms with Gasteiger partial charge in [0.2, 0.25) is 0 Å².